The van der Waals surface area contributed by atoms with Crippen molar-refractivity contribution in [3.05, 3.63) is 40.6 Å². The molecule has 3 saturated heterocycles. The molecule has 11 N–H and O–H groups in total. The highest BCUT2D eigenvalue weighted by molar-refractivity contribution is 5.88. The number of rotatable bonds is 9. The Morgan fingerprint density at radius 1 is 0.648 bits per heavy atom. The zero-order chi connectivity index (χ0) is 39.3. The van der Waals surface area contributed by atoms with Crippen LogP contribution in [0.2, 0.25) is 0 Å². The van der Waals surface area contributed by atoms with Gasteiger partial charge in [0.05, 0.1) is 25.9 Å². The van der Waals surface area contributed by atoms with E-state index in [1.54, 1.807) is 0 Å². The first-order chi connectivity index (χ1) is 25.5. The summed E-state index contributed by atoms with van der Waals surface area (Å²) in [5.41, 5.74) is -1.39. The zero-order valence-electron chi connectivity index (χ0n) is 28.8. The van der Waals surface area contributed by atoms with Crippen molar-refractivity contribution in [2.75, 3.05) is 13.7 Å². The molecular formula is C34H42O20. The fourth-order valence-electron chi connectivity index (χ4n) is 6.31. The second-order valence-corrected chi connectivity index (χ2v) is 13.2. The topological polar surface area (TPSA) is 317 Å². The van der Waals surface area contributed by atoms with E-state index >= 15 is 0 Å². The van der Waals surface area contributed by atoms with Gasteiger partial charge in [0.25, 0.3) is 0 Å². The Hall–Kier alpha value is -3.87. The summed E-state index contributed by atoms with van der Waals surface area (Å²) in [4.78, 5) is 14.1. The van der Waals surface area contributed by atoms with Crippen LogP contribution < -0.4 is 19.6 Å². The number of phenols is 2. The molecule has 1 aromatic heterocycles. The molecule has 20 nitrogen and oxygen atoms in total. The van der Waals surface area contributed by atoms with Crippen LogP contribution in [-0.2, 0) is 18.9 Å². The molecule has 0 spiro atoms. The molecule has 0 aliphatic carbocycles. The summed E-state index contributed by atoms with van der Waals surface area (Å²) < 4.78 is 44.7. The van der Waals surface area contributed by atoms with Crippen molar-refractivity contribution in [1.29, 1.82) is 0 Å². The summed E-state index contributed by atoms with van der Waals surface area (Å²) in [6.07, 6.45) is -23.8. The average Bonchev–Trinajstić information content (AvgIpc) is 3.14. The summed E-state index contributed by atoms with van der Waals surface area (Å²) in [5, 5.41) is 114. The molecule has 20 heteroatoms. The Balaban J connectivity index is 1.35. The molecule has 0 bridgehead atoms. The van der Waals surface area contributed by atoms with Crippen molar-refractivity contribution in [3.63, 3.8) is 0 Å². The first-order valence-corrected chi connectivity index (χ1v) is 16.8. The van der Waals surface area contributed by atoms with Crippen LogP contribution in [0.15, 0.2) is 39.5 Å². The second kappa shape index (κ2) is 15.7. The quantitative estimate of drug-likeness (QED) is 0.104. The third-order valence-corrected chi connectivity index (χ3v) is 9.54. The van der Waals surface area contributed by atoms with Crippen molar-refractivity contribution in [1.82, 2.24) is 0 Å². The molecule has 3 aliphatic rings. The largest absolute Gasteiger partial charge is 0.507 e. The standard InChI is InChI=1S/C34H42O20/c1-10-20(37)24(41)27(44)32(49-10)48-9-18-22(39)26(43)29(46)34(53-18)54-31-23(40)19-15(36)7-13(51-33-28(45)25(42)21(38)11(2)50-33)8-17(19)52-30(31)12-4-5-16(47-3)14(35)6-12/h4-8,10-11,18,20-22,24-29,32-39,41-46H,9H2,1-3H3. The summed E-state index contributed by atoms with van der Waals surface area (Å²) >= 11 is 0. The lowest BCUT2D eigenvalue weighted by Gasteiger charge is -2.42. The maximum atomic E-state index is 14.1. The van der Waals surface area contributed by atoms with E-state index in [9.17, 15) is 61.0 Å². The highest BCUT2D eigenvalue weighted by atomic mass is 16.7. The average molecular weight is 771 g/mol. The van der Waals surface area contributed by atoms with Crippen molar-refractivity contribution in [3.8, 4) is 40.1 Å². The monoisotopic (exact) mass is 770 g/mol. The molecule has 4 heterocycles. The fourth-order valence-corrected chi connectivity index (χ4v) is 6.31. The van der Waals surface area contributed by atoms with Crippen LogP contribution in [0.3, 0.4) is 0 Å². The molecule has 15 atom stereocenters. The number of hydrogen-bond acceptors (Lipinski definition) is 20. The molecule has 6 rings (SSSR count). The smallest absolute Gasteiger partial charge is 0.239 e. The number of hydrogen-bond donors (Lipinski definition) is 11. The fraction of sp³-hybridized carbons (Fsp3) is 0.559. The van der Waals surface area contributed by atoms with Gasteiger partial charge in [0.2, 0.25) is 23.8 Å². The van der Waals surface area contributed by atoms with Crippen LogP contribution in [0.4, 0.5) is 0 Å². The second-order valence-electron chi connectivity index (χ2n) is 13.2. The van der Waals surface area contributed by atoms with E-state index in [2.05, 4.69) is 0 Å². The van der Waals surface area contributed by atoms with E-state index < -0.39 is 133 Å². The summed E-state index contributed by atoms with van der Waals surface area (Å²) in [6.45, 7) is 2.21. The molecule has 3 aromatic rings. The third-order valence-electron chi connectivity index (χ3n) is 9.54. The minimum atomic E-state index is -2.01. The first kappa shape index (κ1) is 39.8. The minimum Gasteiger partial charge on any atom is -0.507 e. The Kier molecular flexibility index (Phi) is 11.6. The lowest BCUT2D eigenvalue weighted by Crippen LogP contribution is -2.61. The Morgan fingerprint density at radius 3 is 1.83 bits per heavy atom. The van der Waals surface area contributed by atoms with Crippen LogP contribution in [0.1, 0.15) is 13.8 Å². The van der Waals surface area contributed by atoms with Gasteiger partial charge >= 0.3 is 0 Å². The lowest BCUT2D eigenvalue weighted by atomic mass is 9.98. The van der Waals surface area contributed by atoms with Crippen molar-refractivity contribution in [2.24, 2.45) is 0 Å². The molecule has 15 unspecified atom stereocenters. The zero-order valence-corrected chi connectivity index (χ0v) is 28.8. The SMILES string of the molecule is COc1ccc(-c2oc3cc(OC4OC(C)C(O)C(O)C4O)cc(O)c3c(=O)c2OC2OC(COC3OC(C)C(O)C(O)C3O)C(O)C(O)C2O)cc1O. The van der Waals surface area contributed by atoms with E-state index in [0.29, 0.717) is 0 Å². The molecule has 3 fully saturated rings. The van der Waals surface area contributed by atoms with Gasteiger partial charge < -0.3 is 93.7 Å². The summed E-state index contributed by atoms with van der Waals surface area (Å²) in [7, 11) is 1.30. The van der Waals surface area contributed by atoms with Gasteiger partial charge in [-0.05, 0) is 32.0 Å². The lowest BCUT2D eigenvalue weighted by molar-refractivity contribution is -0.318. The van der Waals surface area contributed by atoms with Crippen LogP contribution in [-0.4, -0.2) is 162 Å². The first-order valence-electron chi connectivity index (χ1n) is 16.8. The maximum Gasteiger partial charge on any atom is 0.239 e. The molecule has 0 radical (unpaired) electrons. The number of aliphatic hydroxyl groups excluding tert-OH is 9. The molecule has 3 aliphatic heterocycles. The van der Waals surface area contributed by atoms with Crippen molar-refractivity contribution in [2.45, 2.75) is 106 Å². The molecule has 298 valence electrons. The van der Waals surface area contributed by atoms with E-state index in [0.717, 1.165) is 18.2 Å². The Bertz CT molecular complexity index is 1850. The number of phenolic OH excluding ortho intramolecular Hbond substituents is 2. The summed E-state index contributed by atoms with van der Waals surface area (Å²) in [5.74, 6) is -2.42. The number of fused-ring (bicyclic) bond motifs is 1. The van der Waals surface area contributed by atoms with Gasteiger partial charge in [-0.15, -0.1) is 0 Å². The van der Waals surface area contributed by atoms with Crippen LogP contribution in [0.25, 0.3) is 22.3 Å². The predicted octanol–water partition coefficient (Wildman–Crippen LogP) is -2.88. The Labute approximate surface area is 305 Å². The van der Waals surface area contributed by atoms with Crippen LogP contribution in [0, 0.1) is 0 Å². The summed E-state index contributed by atoms with van der Waals surface area (Å²) in [6, 6.07) is 5.95. The van der Waals surface area contributed by atoms with Gasteiger partial charge in [-0.2, -0.15) is 0 Å². The van der Waals surface area contributed by atoms with Gasteiger partial charge in [-0.3, -0.25) is 4.79 Å². The van der Waals surface area contributed by atoms with Crippen molar-refractivity contribution >= 4 is 11.0 Å². The van der Waals surface area contributed by atoms with Gasteiger partial charge in [0.15, 0.2) is 23.5 Å². The van der Waals surface area contributed by atoms with E-state index in [-0.39, 0.29) is 22.6 Å². The number of ether oxygens (including phenoxy) is 7. The van der Waals surface area contributed by atoms with Gasteiger partial charge in [0.1, 0.15) is 83.5 Å². The van der Waals surface area contributed by atoms with Crippen molar-refractivity contribution < 1.29 is 93.7 Å². The number of methoxy groups -OCH3 is 1. The highest BCUT2D eigenvalue weighted by Gasteiger charge is 2.48. The molecular weight excluding hydrogens is 728 g/mol. The van der Waals surface area contributed by atoms with Crippen LogP contribution >= 0.6 is 0 Å². The maximum absolute atomic E-state index is 14.1. The number of aliphatic hydroxyl groups is 9. The molecule has 2 aromatic carbocycles. The van der Waals surface area contributed by atoms with Gasteiger partial charge in [-0.25, -0.2) is 0 Å². The predicted molar refractivity (Wildman–Crippen MR) is 176 cm³/mol. The normalized spacial score (nSPS) is 37.2. The van der Waals surface area contributed by atoms with E-state index in [1.807, 2.05) is 0 Å². The molecule has 54 heavy (non-hydrogen) atoms. The van der Waals surface area contributed by atoms with E-state index in [1.165, 1.54) is 33.1 Å². The molecule has 0 saturated carbocycles. The van der Waals surface area contributed by atoms with E-state index in [4.69, 9.17) is 37.6 Å². The highest BCUT2D eigenvalue weighted by Crippen LogP contribution is 2.40. The Morgan fingerprint density at radius 2 is 1.22 bits per heavy atom. The number of benzene rings is 2. The van der Waals surface area contributed by atoms with Crippen LogP contribution in [0.5, 0.6) is 28.7 Å². The minimum absolute atomic E-state index is 0.00542. The van der Waals surface area contributed by atoms with Gasteiger partial charge in [0, 0.05) is 17.7 Å². The van der Waals surface area contributed by atoms with Gasteiger partial charge in [-0.1, -0.05) is 0 Å². The third kappa shape index (κ3) is 7.41. The number of aromatic hydroxyl groups is 2. The molecule has 0 amide bonds.